The lowest BCUT2D eigenvalue weighted by Gasteiger charge is -2.13. The van der Waals surface area contributed by atoms with Crippen LogP contribution in [0.15, 0.2) is 83.4 Å². The third-order valence-corrected chi connectivity index (χ3v) is 7.89. The van der Waals surface area contributed by atoms with Gasteiger partial charge in [0.2, 0.25) is 11.0 Å². The van der Waals surface area contributed by atoms with Crippen molar-refractivity contribution in [3.8, 4) is 0 Å². The summed E-state index contributed by atoms with van der Waals surface area (Å²) >= 11 is 15.3. The number of benzene rings is 3. The SMILES string of the molecule is Cc1nnc(NC(=O)C(C)Sc2ccc(NC(=O)/C(=C/c3c(Cl)cccc3Cl)NC(=O)c3ccccc3)cc2)s1. The van der Waals surface area contributed by atoms with E-state index in [0.29, 0.717) is 32.0 Å². The zero-order chi connectivity index (χ0) is 28.6. The minimum atomic E-state index is -0.569. The highest BCUT2D eigenvalue weighted by atomic mass is 35.5. The number of thioether (sulfide) groups is 1. The quantitative estimate of drug-likeness (QED) is 0.144. The highest BCUT2D eigenvalue weighted by molar-refractivity contribution is 8.00. The standard InChI is InChI=1S/C28H23Cl2N5O3S2/c1-16(25(36)33-28-35-34-17(2)40-28)39-20-13-11-19(12-14-20)31-27(38)24(15-21-22(29)9-6-10-23(21)30)32-26(37)18-7-4-3-5-8-18/h3-16H,1-2H3,(H,31,38)(H,32,37)(H,33,35,36)/b24-15-. The average molecular weight is 613 g/mol. The topological polar surface area (TPSA) is 113 Å². The van der Waals surface area contributed by atoms with Gasteiger partial charge >= 0.3 is 0 Å². The van der Waals surface area contributed by atoms with E-state index in [2.05, 4.69) is 26.1 Å². The molecule has 0 bridgehead atoms. The Morgan fingerprint density at radius 2 is 1.57 bits per heavy atom. The Bertz CT molecular complexity index is 1540. The van der Waals surface area contributed by atoms with Gasteiger partial charge in [-0.15, -0.1) is 22.0 Å². The molecule has 0 aliphatic carbocycles. The summed E-state index contributed by atoms with van der Waals surface area (Å²) in [5.74, 6) is -1.23. The first-order chi connectivity index (χ1) is 19.2. The van der Waals surface area contributed by atoms with Crippen LogP contribution in [0.2, 0.25) is 10.0 Å². The number of rotatable bonds is 9. The lowest BCUT2D eigenvalue weighted by atomic mass is 10.1. The zero-order valence-corrected chi connectivity index (χ0v) is 24.4. The lowest BCUT2D eigenvalue weighted by molar-refractivity contribution is -0.115. The van der Waals surface area contributed by atoms with Gasteiger partial charge in [-0.2, -0.15) is 0 Å². The first-order valence-electron chi connectivity index (χ1n) is 11.9. The summed E-state index contributed by atoms with van der Waals surface area (Å²) in [7, 11) is 0. The van der Waals surface area contributed by atoms with Crippen molar-refractivity contribution in [3.05, 3.63) is 105 Å². The Morgan fingerprint density at radius 1 is 0.900 bits per heavy atom. The lowest BCUT2D eigenvalue weighted by Crippen LogP contribution is -2.30. The number of halogens is 2. The van der Waals surface area contributed by atoms with Crippen LogP contribution in [0.3, 0.4) is 0 Å². The number of amides is 3. The van der Waals surface area contributed by atoms with Gasteiger partial charge < -0.3 is 10.6 Å². The minimum Gasteiger partial charge on any atom is -0.321 e. The second-order valence-electron chi connectivity index (χ2n) is 8.37. The third kappa shape index (κ3) is 7.92. The van der Waals surface area contributed by atoms with E-state index in [1.165, 1.54) is 29.2 Å². The predicted molar refractivity (Wildman–Crippen MR) is 162 cm³/mol. The number of aryl methyl sites for hydroxylation is 1. The van der Waals surface area contributed by atoms with Gasteiger partial charge in [0.15, 0.2) is 0 Å². The summed E-state index contributed by atoms with van der Waals surface area (Å²) in [6.07, 6.45) is 1.44. The number of nitrogens with one attached hydrogen (secondary N) is 3. The van der Waals surface area contributed by atoms with Gasteiger partial charge in [-0.05, 0) is 68.5 Å². The van der Waals surface area contributed by atoms with E-state index in [1.54, 1.807) is 79.7 Å². The molecular weight excluding hydrogens is 589 g/mol. The maximum absolute atomic E-state index is 13.3. The Kier molecular flexibility index (Phi) is 9.94. The van der Waals surface area contributed by atoms with E-state index in [1.807, 2.05) is 6.92 Å². The molecule has 0 radical (unpaired) electrons. The van der Waals surface area contributed by atoms with Gasteiger partial charge in [-0.1, -0.05) is 58.8 Å². The zero-order valence-electron chi connectivity index (χ0n) is 21.3. The Hall–Kier alpha value is -3.70. The number of nitrogens with zero attached hydrogens (tertiary/aromatic N) is 2. The van der Waals surface area contributed by atoms with Crippen molar-refractivity contribution in [2.45, 2.75) is 24.0 Å². The molecule has 1 heterocycles. The molecule has 1 aromatic heterocycles. The number of carbonyl (C=O) groups is 3. The normalized spacial score (nSPS) is 11.9. The van der Waals surface area contributed by atoms with Crippen LogP contribution in [0.4, 0.5) is 10.8 Å². The van der Waals surface area contributed by atoms with Gasteiger partial charge in [0, 0.05) is 31.8 Å². The smallest absolute Gasteiger partial charge is 0.272 e. The molecule has 1 atom stereocenters. The van der Waals surface area contributed by atoms with E-state index >= 15 is 0 Å². The number of anilines is 2. The Balaban J connectivity index is 1.47. The number of aromatic nitrogens is 2. The van der Waals surface area contributed by atoms with Crippen LogP contribution in [0.1, 0.15) is 27.9 Å². The van der Waals surface area contributed by atoms with E-state index in [-0.39, 0.29) is 11.6 Å². The fourth-order valence-electron chi connectivity index (χ4n) is 3.36. The second kappa shape index (κ2) is 13.6. The van der Waals surface area contributed by atoms with E-state index < -0.39 is 17.1 Å². The van der Waals surface area contributed by atoms with Gasteiger partial charge in [0.05, 0.1) is 5.25 Å². The van der Waals surface area contributed by atoms with Crippen molar-refractivity contribution >= 4 is 80.9 Å². The molecule has 0 saturated heterocycles. The van der Waals surface area contributed by atoms with Crippen molar-refractivity contribution in [3.63, 3.8) is 0 Å². The first-order valence-corrected chi connectivity index (χ1v) is 14.4. The van der Waals surface area contributed by atoms with Crippen molar-refractivity contribution < 1.29 is 14.4 Å². The molecule has 0 aliphatic heterocycles. The Morgan fingerprint density at radius 3 is 2.20 bits per heavy atom. The van der Waals surface area contributed by atoms with Crippen LogP contribution >= 0.6 is 46.3 Å². The van der Waals surface area contributed by atoms with Gasteiger partial charge in [-0.25, -0.2) is 0 Å². The highest BCUT2D eigenvalue weighted by Crippen LogP contribution is 2.28. The molecule has 4 aromatic rings. The molecule has 0 spiro atoms. The summed E-state index contributed by atoms with van der Waals surface area (Å²) in [4.78, 5) is 39.5. The molecular formula is C28H23Cl2N5O3S2. The molecule has 40 heavy (non-hydrogen) atoms. The number of hydrogen-bond donors (Lipinski definition) is 3. The van der Waals surface area contributed by atoms with Crippen molar-refractivity contribution in [1.29, 1.82) is 0 Å². The molecule has 3 aromatic carbocycles. The molecule has 1 unspecified atom stereocenters. The molecule has 0 aliphatic rings. The number of carbonyl (C=O) groups excluding carboxylic acids is 3. The fourth-order valence-corrected chi connectivity index (χ4v) is 5.33. The molecule has 8 nitrogen and oxygen atoms in total. The molecule has 3 N–H and O–H groups in total. The average Bonchev–Trinajstić information content (AvgIpc) is 3.35. The van der Waals surface area contributed by atoms with Crippen LogP contribution in [-0.4, -0.2) is 33.2 Å². The van der Waals surface area contributed by atoms with Crippen molar-refractivity contribution in [1.82, 2.24) is 15.5 Å². The van der Waals surface area contributed by atoms with Gasteiger partial charge in [0.25, 0.3) is 11.8 Å². The molecule has 3 amide bonds. The minimum absolute atomic E-state index is 0.0421. The van der Waals surface area contributed by atoms with Gasteiger partial charge in [-0.3, -0.25) is 19.7 Å². The van der Waals surface area contributed by atoms with E-state index in [9.17, 15) is 14.4 Å². The van der Waals surface area contributed by atoms with Crippen LogP contribution in [0.5, 0.6) is 0 Å². The summed E-state index contributed by atoms with van der Waals surface area (Å²) in [5, 5.41) is 17.5. The van der Waals surface area contributed by atoms with Gasteiger partial charge in [0.1, 0.15) is 10.7 Å². The summed E-state index contributed by atoms with van der Waals surface area (Å²) < 4.78 is 0. The molecule has 12 heteroatoms. The first kappa shape index (κ1) is 29.3. The third-order valence-electron chi connectivity index (χ3n) is 5.37. The summed E-state index contributed by atoms with van der Waals surface area (Å²) in [6, 6.07) is 20.5. The van der Waals surface area contributed by atoms with E-state index in [0.717, 1.165) is 9.90 Å². The Labute approximate surface area is 249 Å². The maximum atomic E-state index is 13.3. The molecule has 204 valence electrons. The maximum Gasteiger partial charge on any atom is 0.272 e. The van der Waals surface area contributed by atoms with Crippen LogP contribution in [0, 0.1) is 6.92 Å². The molecule has 4 rings (SSSR count). The number of hydrogen-bond acceptors (Lipinski definition) is 7. The molecule has 0 fully saturated rings. The van der Waals surface area contributed by atoms with Crippen molar-refractivity contribution in [2.24, 2.45) is 0 Å². The second-order valence-corrected chi connectivity index (χ2v) is 11.8. The highest BCUT2D eigenvalue weighted by Gasteiger charge is 2.18. The fraction of sp³-hybridized carbons (Fsp3) is 0.107. The molecule has 0 saturated carbocycles. The summed E-state index contributed by atoms with van der Waals surface area (Å²) in [5.41, 5.74) is 1.22. The monoisotopic (exact) mass is 611 g/mol. The van der Waals surface area contributed by atoms with E-state index in [4.69, 9.17) is 23.2 Å². The predicted octanol–water partition coefficient (Wildman–Crippen LogP) is 6.68. The van der Waals surface area contributed by atoms with Crippen molar-refractivity contribution in [2.75, 3.05) is 10.6 Å². The summed E-state index contributed by atoms with van der Waals surface area (Å²) in [6.45, 7) is 3.60. The largest absolute Gasteiger partial charge is 0.321 e. The van der Waals surface area contributed by atoms with Crippen LogP contribution in [0.25, 0.3) is 6.08 Å². The van der Waals surface area contributed by atoms with Crippen LogP contribution in [-0.2, 0) is 9.59 Å². The van der Waals surface area contributed by atoms with Crippen LogP contribution < -0.4 is 16.0 Å².